The minimum Gasteiger partial charge on any atom is -0.493 e. The number of nitrogens with zero attached hydrogens (tertiary/aromatic N) is 1. The zero-order valence-corrected chi connectivity index (χ0v) is 19.9. The van der Waals surface area contributed by atoms with Crippen LogP contribution in [-0.2, 0) is 4.79 Å². The molecule has 0 aliphatic carbocycles. The van der Waals surface area contributed by atoms with Gasteiger partial charge in [0, 0.05) is 13.5 Å². The van der Waals surface area contributed by atoms with E-state index in [2.05, 4.69) is 0 Å². The van der Waals surface area contributed by atoms with Gasteiger partial charge in [0.05, 0.1) is 24.7 Å². The normalized spacial score (nSPS) is 15.0. The van der Waals surface area contributed by atoms with Gasteiger partial charge < -0.3 is 14.2 Å². The number of benzene rings is 2. The molecule has 1 aliphatic heterocycles. The summed E-state index contributed by atoms with van der Waals surface area (Å²) >= 11 is 6.49. The number of para-hydroxylation sites is 1. The van der Waals surface area contributed by atoms with Crippen molar-refractivity contribution in [3.8, 4) is 17.2 Å². The Morgan fingerprint density at radius 2 is 1.74 bits per heavy atom. The molecule has 5 nitrogen and oxygen atoms in total. The molecule has 0 unspecified atom stereocenters. The molecule has 2 aromatic carbocycles. The Morgan fingerprint density at radius 3 is 2.39 bits per heavy atom. The monoisotopic (exact) mass is 457 g/mol. The lowest BCUT2D eigenvalue weighted by Gasteiger charge is -2.14. The number of thioether (sulfide) groups is 1. The van der Waals surface area contributed by atoms with E-state index in [0.717, 1.165) is 28.9 Å². The number of carbonyl (C=O) groups excluding carboxylic acids is 1. The zero-order chi connectivity index (χ0) is 22.4. The van der Waals surface area contributed by atoms with E-state index < -0.39 is 0 Å². The minimum atomic E-state index is -0.0859. The molecule has 3 rings (SSSR count). The smallest absolute Gasteiger partial charge is 0.265 e. The second-order valence-corrected chi connectivity index (χ2v) is 8.83. The Kier molecular flexibility index (Phi) is 7.98. The highest BCUT2D eigenvalue weighted by Crippen LogP contribution is 2.34. The van der Waals surface area contributed by atoms with Crippen LogP contribution in [0.15, 0.2) is 41.3 Å². The second kappa shape index (κ2) is 10.7. The first-order chi connectivity index (χ1) is 14.9. The van der Waals surface area contributed by atoms with E-state index in [1.165, 1.54) is 16.7 Å². The highest BCUT2D eigenvalue weighted by Gasteiger charge is 2.28. The van der Waals surface area contributed by atoms with Gasteiger partial charge in [0.1, 0.15) is 10.1 Å². The predicted molar refractivity (Wildman–Crippen MR) is 130 cm³/mol. The van der Waals surface area contributed by atoms with Gasteiger partial charge in [-0.2, -0.15) is 0 Å². The van der Waals surface area contributed by atoms with Gasteiger partial charge in [-0.3, -0.25) is 9.69 Å². The Morgan fingerprint density at radius 1 is 1.03 bits per heavy atom. The molecule has 1 fully saturated rings. The SMILES string of the molecule is CCOc1cc(/C=C2\SC(=S)N(C)C2=O)ccc1OCCCOc1c(C)cccc1C. The standard InChI is InChI=1S/C24H27NO4S2/c1-5-27-20-14-18(15-21-23(26)25(4)24(30)31-21)10-11-19(20)28-12-7-13-29-22-16(2)8-6-9-17(22)3/h6,8-11,14-15H,5,7,12-13H2,1-4H3/b21-15-. The molecular formula is C24H27NO4S2. The van der Waals surface area contributed by atoms with Crippen LogP contribution in [0.4, 0.5) is 0 Å². The van der Waals surface area contributed by atoms with Crippen molar-refractivity contribution < 1.29 is 19.0 Å². The van der Waals surface area contributed by atoms with E-state index in [4.69, 9.17) is 26.4 Å². The highest BCUT2D eigenvalue weighted by molar-refractivity contribution is 8.26. The maximum atomic E-state index is 12.2. The molecule has 164 valence electrons. The quantitative estimate of drug-likeness (QED) is 0.286. The van der Waals surface area contributed by atoms with Crippen LogP contribution in [0.1, 0.15) is 30.0 Å². The summed E-state index contributed by atoms with van der Waals surface area (Å²) in [5.41, 5.74) is 3.13. The number of hydrogen-bond donors (Lipinski definition) is 0. The van der Waals surface area contributed by atoms with Crippen molar-refractivity contribution in [1.29, 1.82) is 0 Å². The van der Waals surface area contributed by atoms with Crippen LogP contribution in [0.2, 0.25) is 0 Å². The van der Waals surface area contributed by atoms with E-state index in [0.29, 0.717) is 40.5 Å². The van der Waals surface area contributed by atoms with Gasteiger partial charge in [0.25, 0.3) is 5.91 Å². The van der Waals surface area contributed by atoms with Crippen LogP contribution in [-0.4, -0.2) is 42.0 Å². The first kappa shape index (κ1) is 23.2. The van der Waals surface area contributed by atoms with Gasteiger partial charge in [-0.15, -0.1) is 0 Å². The molecule has 0 saturated carbocycles. The van der Waals surface area contributed by atoms with Crippen molar-refractivity contribution in [2.45, 2.75) is 27.2 Å². The Balaban J connectivity index is 1.60. The number of aryl methyl sites for hydroxylation is 2. The summed E-state index contributed by atoms with van der Waals surface area (Å²) in [6, 6.07) is 11.8. The Labute approximate surface area is 193 Å². The number of hydrogen-bond acceptors (Lipinski definition) is 6. The number of carbonyl (C=O) groups is 1. The molecule has 0 aromatic heterocycles. The third kappa shape index (κ3) is 5.80. The fourth-order valence-corrected chi connectivity index (χ4v) is 4.32. The lowest BCUT2D eigenvalue weighted by atomic mass is 10.1. The van der Waals surface area contributed by atoms with E-state index >= 15 is 0 Å². The van der Waals surface area contributed by atoms with E-state index in [1.807, 2.05) is 63.2 Å². The first-order valence-corrected chi connectivity index (χ1v) is 11.4. The van der Waals surface area contributed by atoms with E-state index in [1.54, 1.807) is 7.05 Å². The molecule has 1 saturated heterocycles. The lowest BCUT2D eigenvalue weighted by Crippen LogP contribution is -2.22. The Hall–Kier alpha value is -2.51. The summed E-state index contributed by atoms with van der Waals surface area (Å²) in [5, 5.41) is 0. The zero-order valence-electron chi connectivity index (χ0n) is 18.3. The summed E-state index contributed by atoms with van der Waals surface area (Å²) in [6.45, 7) is 7.63. The highest BCUT2D eigenvalue weighted by atomic mass is 32.2. The van der Waals surface area contributed by atoms with Gasteiger partial charge >= 0.3 is 0 Å². The van der Waals surface area contributed by atoms with Gasteiger partial charge in [-0.05, 0) is 55.7 Å². The number of rotatable bonds is 9. The molecule has 0 atom stereocenters. The molecule has 0 N–H and O–H groups in total. The van der Waals surface area contributed by atoms with Crippen molar-refractivity contribution in [1.82, 2.24) is 4.90 Å². The van der Waals surface area contributed by atoms with E-state index in [-0.39, 0.29) is 5.91 Å². The van der Waals surface area contributed by atoms with Crippen molar-refractivity contribution in [2.75, 3.05) is 26.9 Å². The predicted octanol–water partition coefficient (Wildman–Crippen LogP) is 5.38. The van der Waals surface area contributed by atoms with Gasteiger partial charge in [-0.1, -0.05) is 48.2 Å². The number of ether oxygens (including phenoxy) is 3. The second-order valence-electron chi connectivity index (χ2n) is 7.15. The average molecular weight is 458 g/mol. The average Bonchev–Trinajstić information content (AvgIpc) is 2.98. The van der Waals surface area contributed by atoms with Crippen LogP contribution >= 0.6 is 24.0 Å². The van der Waals surface area contributed by atoms with Crippen LogP contribution in [0.3, 0.4) is 0 Å². The molecule has 1 heterocycles. The molecule has 0 bridgehead atoms. The van der Waals surface area contributed by atoms with Crippen molar-refractivity contribution in [3.05, 3.63) is 58.0 Å². The molecule has 2 aromatic rings. The van der Waals surface area contributed by atoms with Crippen molar-refractivity contribution >= 4 is 40.3 Å². The summed E-state index contributed by atoms with van der Waals surface area (Å²) < 4.78 is 18.2. The first-order valence-electron chi connectivity index (χ1n) is 10.2. The summed E-state index contributed by atoms with van der Waals surface area (Å²) in [5.74, 6) is 2.18. The maximum absolute atomic E-state index is 12.2. The van der Waals surface area contributed by atoms with Crippen molar-refractivity contribution in [2.24, 2.45) is 0 Å². The maximum Gasteiger partial charge on any atom is 0.265 e. The van der Waals surface area contributed by atoms with Crippen molar-refractivity contribution in [3.63, 3.8) is 0 Å². The summed E-state index contributed by atoms with van der Waals surface area (Å²) in [6.07, 6.45) is 2.58. The van der Waals surface area contributed by atoms with Crippen LogP contribution < -0.4 is 14.2 Å². The largest absolute Gasteiger partial charge is 0.493 e. The van der Waals surface area contributed by atoms with Gasteiger partial charge in [0.15, 0.2) is 11.5 Å². The Bertz CT molecular complexity index is 983. The fraction of sp³-hybridized carbons (Fsp3) is 0.333. The molecule has 31 heavy (non-hydrogen) atoms. The summed E-state index contributed by atoms with van der Waals surface area (Å²) in [4.78, 5) is 14.3. The minimum absolute atomic E-state index is 0.0859. The number of likely N-dealkylation sites (N-methyl/N-ethyl adjacent to an activating group) is 1. The molecule has 1 aliphatic rings. The third-order valence-corrected chi connectivity index (χ3v) is 6.24. The van der Waals surface area contributed by atoms with Crippen LogP contribution in [0.5, 0.6) is 17.2 Å². The van der Waals surface area contributed by atoms with Crippen LogP contribution in [0.25, 0.3) is 6.08 Å². The lowest BCUT2D eigenvalue weighted by molar-refractivity contribution is -0.121. The third-order valence-electron chi connectivity index (χ3n) is 4.75. The van der Waals surface area contributed by atoms with E-state index in [9.17, 15) is 4.79 Å². The number of thiocarbonyl (C=S) groups is 1. The molecule has 0 radical (unpaired) electrons. The topological polar surface area (TPSA) is 48.0 Å². The summed E-state index contributed by atoms with van der Waals surface area (Å²) in [7, 11) is 1.69. The molecule has 1 amide bonds. The molecular weight excluding hydrogens is 430 g/mol. The van der Waals surface area contributed by atoms with Crippen LogP contribution in [0, 0.1) is 13.8 Å². The fourth-order valence-electron chi connectivity index (χ4n) is 3.14. The molecule has 7 heteroatoms. The molecule has 0 spiro atoms. The number of amides is 1. The van der Waals surface area contributed by atoms with Gasteiger partial charge in [-0.25, -0.2) is 0 Å². The van der Waals surface area contributed by atoms with Gasteiger partial charge in [0.2, 0.25) is 0 Å².